The quantitative estimate of drug-likeness (QED) is 0.782. The molecule has 116 valence electrons. The minimum absolute atomic E-state index is 0.433. The zero-order valence-electron chi connectivity index (χ0n) is 13.8. The fraction of sp³-hybridized carbons (Fsp3) is 0.684. The summed E-state index contributed by atoms with van der Waals surface area (Å²) in [6, 6.07) is 10.1. The molecule has 2 aliphatic rings. The first-order valence-electron chi connectivity index (χ1n) is 8.65. The lowest BCUT2D eigenvalue weighted by atomic mass is 9.97. The van der Waals surface area contributed by atoms with Crippen LogP contribution >= 0.6 is 0 Å². The monoisotopic (exact) mass is 286 g/mol. The van der Waals surface area contributed by atoms with Crippen molar-refractivity contribution in [1.29, 1.82) is 0 Å². The van der Waals surface area contributed by atoms with Crippen molar-refractivity contribution in [2.24, 2.45) is 11.8 Å². The highest BCUT2D eigenvalue weighted by Gasteiger charge is 2.33. The molecule has 0 heterocycles. The molecule has 2 unspecified atom stereocenters. The smallest absolute Gasteiger partial charge is 0.0473 e. The van der Waals surface area contributed by atoms with Gasteiger partial charge in [0, 0.05) is 25.2 Å². The van der Waals surface area contributed by atoms with E-state index >= 15 is 0 Å². The number of nitrogens with zero attached hydrogens (tertiary/aromatic N) is 1. The molecule has 0 aliphatic heterocycles. The minimum atomic E-state index is 0.433. The molecule has 21 heavy (non-hydrogen) atoms. The summed E-state index contributed by atoms with van der Waals surface area (Å²) in [5.41, 5.74) is 2.77. The van der Waals surface area contributed by atoms with E-state index in [1.54, 1.807) is 0 Å². The Morgan fingerprint density at radius 1 is 1.05 bits per heavy atom. The molecule has 0 bridgehead atoms. The van der Waals surface area contributed by atoms with Gasteiger partial charge >= 0.3 is 0 Å². The molecule has 0 amide bonds. The van der Waals surface area contributed by atoms with Crippen LogP contribution in [0, 0.1) is 18.8 Å². The van der Waals surface area contributed by atoms with Crippen LogP contribution in [0.1, 0.15) is 49.8 Å². The minimum Gasteiger partial charge on any atom is -0.312 e. The van der Waals surface area contributed by atoms with E-state index in [0.717, 1.165) is 11.8 Å². The van der Waals surface area contributed by atoms with E-state index in [1.165, 1.54) is 49.9 Å². The van der Waals surface area contributed by atoms with Gasteiger partial charge in [-0.05, 0) is 64.0 Å². The van der Waals surface area contributed by atoms with E-state index in [-0.39, 0.29) is 0 Å². The third-order valence-corrected chi connectivity index (χ3v) is 5.19. The second-order valence-electron chi connectivity index (χ2n) is 7.26. The van der Waals surface area contributed by atoms with Crippen LogP contribution in [0.3, 0.4) is 0 Å². The largest absolute Gasteiger partial charge is 0.312 e. The highest BCUT2D eigenvalue weighted by atomic mass is 15.2. The van der Waals surface area contributed by atoms with Crippen molar-refractivity contribution in [3.8, 4) is 0 Å². The number of likely N-dealkylation sites (N-methyl/N-ethyl adjacent to an activating group) is 1. The summed E-state index contributed by atoms with van der Waals surface area (Å²) in [6.07, 6.45) is 5.79. The Morgan fingerprint density at radius 3 is 2.00 bits per heavy atom. The van der Waals surface area contributed by atoms with Crippen molar-refractivity contribution in [3.63, 3.8) is 0 Å². The molecule has 2 fully saturated rings. The molecular formula is C19H30N2. The predicted octanol–water partition coefficient (Wildman–Crippen LogP) is 3.77. The first-order chi connectivity index (χ1) is 10.2. The highest BCUT2D eigenvalue weighted by molar-refractivity contribution is 5.25. The average Bonchev–Trinajstić information content (AvgIpc) is 3.36. The van der Waals surface area contributed by atoms with E-state index in [9.17, 15) is 0 Å². The topological polar surface area (TPSA) is 15.3 Å². The first-order valence-corrected chi connectivity index (χ1v) is 8.65. The Hall–Kier alpha value is -0.860. The summed E-state index contributed by atoms with van der Waals surface area (Å²) < 4.78 is 0. The van der Waals surface area contributed by atoms with Gasteiger partial charge in [-0.2, -0.15) is 0 Å². The second kappa shape index (κ2) is 6.50. The summed E-state index contributed by atoms with van der Waals surface area (Å²) in [5, 5.41) is 3.56. The standard InChI is InChI=1S/C19H30N2/c1-14-4-10-18(11-5-14)19(20-3)15(2)21(12-16-6-7-16)13-17-8-9-17/h4-5,10-11,15-17,19-20H,6-9,12-13H2,1-3H3. The Bertz CT molecular complexity index is 431. The molecule has 0 radical (unpaired) electrons. The molecule has 1 aromatic rings. The van der Waals surface area contributed by atoms with E-state index in [1.807, 2.05) is 0 Å². The lowest BCUT2D eigenvalue weighted by molar-refractivity contribution is 0.158. The number of aryl methyl sites for hydroxylation is 1. The van der Waals surface area contributed by atoms with E-state index < -0.39 is 0 Å². The molecule has 0 aromatic heterocycles. The molecule has 2 nitrogen and oxygen atoms in total. The van der Waals surface area contributed by atoms with Gasteiger partial charge in [-0.25, -0.2) is 0 Å². The number of hydrogen-bond donors (Lipinski definition) is 1. The van der Waals surface area contributed by atoms with Crippen molar-refractivity contribution >= 4 is 0 Å². The van der Waals surface area contributed by atoms with Gasteiger partial charge in [0.1, 0.15) is 0 Å². The van der Waals surface area contributed by atoms with E-state index in [4.69, 9.17) is 0 Å². The fourth-order valence-electron chi connectivity index (χ4n) is 3.34. The van der Waals surface area contributed by atoms with Gasteiger partial charge in [0.25, 0.3) is 0 Å². The van der Waals surface area contributed by atoms with Crippen molar-refractivity contribution in [2.45, 2.75) is 51.6 Å². The van der Waals surface area contributed by atoms with Crippen molar-refractivity contribution in [2.75, 3.05) is 20.1 Å². The first kappa shape index (κ1) is 15.1. The SMILES string of the molecule is CNC(c1ccc(C)cc1)C(C)N(CC1CC1)CC1CC1. The Morgan fingerprint density at radius 2 is 1.57 bits per heavy atom. The fourth-order valence-corrected chi connectivity index (χ4v) is 3.34. The summed E-state index contributed by atoms with van der Waals surface area (Å²) in [4.78, 5) is 2.76. The molecule has 3 rings (SSSR count). The molecule has 1 aromatic carbocycles. The van der Waals surface area contributed by atoms with Gasteiger partial charge in [-0.15, -0.1) is 0 Å². The van der Waals surface area contributed by atoms with Crippen LogP contribution in [0.4, 0.5) is 0 Å². The second-order valence-corrected chi connectivity index (χ2v) is 7.26. The molecule has 2 saturated carbocycles. The lowest BCUT2D eigenvalue weighted by Gasteiger charge is -2.35. The van der Waals surface area contributed by atoms with Crippen LogP contribution in [0.2, 0.25) is 0 Å². The summed E-state index contributed by atoms with van der Waals surface area (Å²) in [5.74, 6) is 1.95. The van der Waals surface area contributed by atoms with Crippen LogP contribution < -0.4 is 5.32 Å². The van der Waals surface area contributed by atoms with Crippen molar-refractivity contribution in [3.05, 3.63) is 35.4 Å². The maximum Gasteiger partial charge on any atom is 0.0473 e. The third kappa shape index (κ3) is 4.08. The molecule has 1 N–H and O–H groups in total. The van der Waals surface area contributed by atoms with Crippen LogP contribution in [0.15, 0.2) is 24.3 Å². The van der Waals surface area contributed by atoms with Crippen molar-refractivity contribution < 1.29 is 0 Å². The van der Waals surface area contributed by atoms with E-state index in [0.29, 0.717) is 12.1 Å². The summed E-state index contributed by atoms with van der Waals surface area (Å²) >= 11 is 0. The van der Waals surface area contributed by atoms with Gasteiger partial charge in [0.05, 0.1) is 0 Å². The lowest BCUT2D eigenvalue weighted by Crippen LogP contribution is -2.44. The molecule has 2 aliphatic carbocycles. The number of nitrogens with one attached hydrogen (secondary N) is 1. The van der Waals surface area contributed by atoms with E-state index in [2.05, 4.69) is 55.4 Å². The number of hydrogen-bond acceptors (Lipinski definition) is 2. The Balaban J connectivity index is 1.70. The maximum absolute atomic E-state index is 3.56. The van der Waals surface area contributed by atoms with Gasteiger partial charge in [-0.3, -0.25) is 4.90 Å². The van der Waals surface area contributed by atoms with Crippen LogP contribution in [-0.4, -0.2) is 31.1 Å². The van der Waals surface area contributed by atoms with Gasteiger partial charge < -0.3 is 5.32 Å². The Labute approximate surface area is 129 Å². The van der Waals surface area contributed by atoms with Crippen LogP contribution in [-0.2, 0) is 0 Å². The van der Waals surface area contributed by atoms with Crippen molar-refractivity contribution in [1.82, 2.24) is 10.2 Å². The van der Waals surface area contributed by atoms with Crippen LogP contribution in [0.5, 0.6) is 0 Å². The molecule has 0 spiro atoms. The zero-order chi connectivity index (χ0) is 14.8. The summed E-state index contributed by atoms with van der Waals surface area (Å²) in [7, 11) is 2.10. The molecule has 2 atom stereocenters. The molecule has 2 heteroatoms. The zero-order valence-corrected chi connectivity index (χ0v) is 13.8. The van der Waals surface area contributed by atoms with Gasteiger partial charge in [0.2, 0.25) is 0 Å². The molecular weight excluding hydrogens is 256 g/mol. The van der Waals surface area contributed by atoms with Gasteiger partial charge in [0.15, 0.2) is 0 Å². The van der Waals surface area contributed by atoms with Gasteiger partial charge in [-0.1, -0.05) is 29.8 Å². The number of benzene rings is 1. The molecule has 0 saturated heterocycles. The Kier molecular flexibility index (Phi) is 4.66. The number of rotatable bonds is 8. The highest BCUT2D eigenvalue weighted by Crippen LogP contribution is 2.36. The average molecular weight is 286 g/mol. The van der Waals surface area contributed by atoms with Crippen LogP contribution in [0.25, 0.3) is 0 Å². The maximum atomic E-state index is 3.56. The summed E-state index contributed by atoms with van der Waals surface area (Å²) in [6.45, 7) is 7.18. The predicted molar refractivity (Wildman–Crippen MR) is 89.5 cm³/mol. The third-order valence-electron chi connectivity index (χ3n) is 5.19. The normalized spacial score (nSPS) is 21.5.